The molecule has 1 aliphatic rings. The average molecular weight is 483 g/mol. The van der Waals surface area contributed by atoms with Gasteiger partial charge >= 0.3 is 6.18 Å². The lowest BCUT2D eigenvalue weighted by Gasteiger charge is -2.34. The zero-order valence-electron chi connectivity index (χ0n) is 18.1. The molecule has 2 rings (SSSR count). The minimum Gasteiger partial charge on any atom is -0.342 e. The Morgan fingerprint density at radius 2 is 1.77 bits per heavy atom. The van der Waals surface area contributed by atoms with Gasteiger partial charge in [-0.1, -0.05) is 38.3 Å². The summed E-state index contributed by atoms with van der Waals surface area (Å²) >= 11 is 5.60. The Hall–Kier alpha value is -1.32. The van der Waals surface area contributed by atoms with Crippen LogP contribution < -0.4 is 0 Å². The Kier molecular flexibility index (Phi) is 8.81. The van der Waals surface area contributed by atoms with Gasteiger partial charge in [-0.25, -0.2) is 8.42 Å². The first kappa shape index (κ1) is 25.9. The number of piperidine rings is 1. The minimum absolute atomic E-state index is 0.0253. The Morgan fingerprint density at radius 3 is 2.26 bits per heavy atom. The van der Waals surface area contributed by atoms with Crippen LogP contribution in [0.3, 0.4) is 0 Å². The zero-order chi connectivity index (χ0) is 23.4. The van der Waals surface area contributed by atoms with E-state index in [0.717, 1.165) is 29.3 Å². The van der Waals surface area contributed by atoms with Gasteiger partial charge in [0.05, 0.1) is 15.5 Å². The standard InChI is InChI=1S/C21H30ClF3N2O3S/c1-4-15(5-2)14-26(6-3)20(28)16-9-11-27(12-10-16)31(29,30)17-7-8-19(22)18(13-17)21(23,24)25/h7-8,13,15-16H,4-6,9-12,14H2,1-3H3. The average Bonchev–Trinajstić information content (AvgIpc) is 2.73. The third kappa shape index (κ3) is 6.14. The molecule has 176 valence electrons. The Bertz CT molecular complexity index is 865. The first-order chi connectivity index (χ1) is 14.4. The lowest BCUT2D eigenvalue weighted by Crippen LogP contribution is -2.45. The Balaban J connectivity index is 2.10. The maximum absolute atomic E-state index is 13.1. The van der Waals surface area contributed by atoms with Crippen molar-refractivity contribution in [3.05, 3.63) is 28.8 Å². The molecule has 0 unspecified atom stereocenters. The predicted octanol–water partition coefficient (Wildman–Crippen LogP) is 5.04. The molecule has 31 heavy (non-hydrogen) atoms. The first-order valence-electron chi connectivity index (χ1n) is 10.6. The number of hydrogen-bond acceptors (Lipinski definition) is 3. The van der Waals surface area contributed by atoms with E-state index in [4.69, 9.17) is 11.6 Å². The molecule has 1 heterocycles. The van der Waals surface area contributed by atoms with Crippen molar-refractivity contribution in [3.8, 4) is 0 Å². The van der Waals surface area contributed by atoms with E-state index < -0.39 is 31.7 Å². The summed E-state index contributed by atoms with van der Waals surface area (Å²) in [5.74, 6) is 0.172. The number of rotatable bonds is 8. The van der Waals surface area contributed by atoms with Crippen LogP contribution in [0.25, 0.3) is 0 Å². The molecule has 1 amide bonds. The zero-order valence-corrected chi connectivity index (χ0v) is 19.7. The number of carbonyl (C=O) groups is 1. The highest BCUT2D eigenvalue weighted by molar-refractivity contribution is 7.89. The SMILES string of the molecule is CCC(CC)CN(CC)C(=O)C1CCN(S(=O)(=O)c2ccc(Cl)c(C(F)(F)F)c2)CC1. The van der Waals surface area contributed by atoms with Crippen LogP contribution in [0.15, 0.2) is 23.1 Å². The van der Waals surface area contributed by atoms with E-state index in [1.54, 1.807) is 0 Å². The number of alkyl halides is 3. The molecule has 1 fully saturated rings. The molecule has 0 spiro atoms. The maximum Gasteiger partial charge on any atom is 0.417 e. The van der Waals surface area contributed by atoms with Crippen molar-refractivity contribution >= 4 is 27.5 Å². The molecule has 10 heteroatoms. The van der Waals surface area contributed by atoms with Gasteiger partial charge in [0, 0.05) is 32.1 Å². The topological polar surface area (TPSA) is 57.7 Å². The summed E-state index contributed by atoms with van der Waals surface area (Å²) in [4.78, 5) is 14.3. The van der Waals surface area contributed by atoms with E-state index in [-0.39, 0.29) is 24.9 Å². The van der Waals surface area contributed by atoms with Crippen molar-refractivity contribution in [2.24, 2.45) is 11.8 Å². The van der Waals surface area contributed by atoms with E-state index in [1.165, 1.54) is 0 Å². The number of hydrogen-bond donors (Lipinski definition) is 0. The number of sulfonamides is 1. The summed E-state index contributed by atoms with van der Waals surface area (Å²) in [6.07, 6.45) is -2.09. The molecule has 5 nitrogen and oxygen atoms in total. The van der Waals surface area contributed by atoms with E-state index in [0.29, 0.717) is 37.9 Å². The normalized spacial score (nSPS) is 16.6. The fraction of sp³-hybridized carbons (Fsp3) is 0.667. The lowest BCUT2D eigenvalue weighted by molar-refractivity contribution is -0.138. The summed E-state index contributed by atoms with van der Waals surface area (Å²) in [6.45, 7) is 7.58. The van der Waals surface area contributed by atoms with Gasteiger partial charge < -0.3 is 4.90 Å². The van der Waals surface area contributed by atoms with E-state index >= 15 is 0 Å². The van der Waals surface area contributed by atoms with E-state index in [2.05, 4.69) is 13.8 Å². The summed E-state index contributed by atoms with van der Waals surface area (Å²) in [5.41, 5.74) is -1.18. The lowest BCUT2D eigenvalue weighted by atomic mass is 9.95. The highest BCUT2D eigenvalue weighted by Gasteiger charge is 2.37. The predicted molar refractivity (Wildman–Crippen MR) is 114 cm³/mol. The van der Waals surface area contributed by atoms with Crippen molar-refractivity contribution in [2.45, 2.75) is 57.5 Å². The summed E-state index contributed by atoms with van der Waals surface area (Å²) in [7, 11) is -4.11. The Labute approximate surface area is 187 Å². The van der Waals surface area contributed by atoms with Gasteiger partial charge in [0.1, 0.15) is 0 Å². The van der Waals surface area contributed by atoms with Crippen LogP contribution in [0.2, 0.25) is 5.02 Å². The maximum atomic E-state index is 13.1. The molecule has 1 aromatic rings. The molecular weight excluding hydrogens is 453 g/mol. The van der Waals surface area contributed by atoms with Gasteiger partial charge in [-0.2, -0.15) is 17.5 Å². The largest absolute Gasteiger partial charge is 0.417 e. The molecule has 1 aliphatic heterocycles. The smallest absolute Gasteiger partial charge is 0.342 e. The van der Waals surface area contributed by atoms with Crippen LogP contribution in [0.4, 0.5) is 13.2 Å². The second kappa shape index (κ2) is 10.5. The molecular formula is C21H30ClF3N2O3S. The quantitative estimate of drug-likeness (QED) is 0.521. The number of carbonyl (C=O) groups excluding carboxylic acids is 1. The van der Waals surface area contributed by atoms with Crippen LogP contribution in [-0.4, -0.2) is 49.7 Å². The Morgan fingerprint density at radius 1 is 1.19 bits per heavy atom. The van der Waals surface area contributed by atoms with Crippen LogP contribution in [-0.2, 0) is 21.0 Å². The molecule has 0 bridgehead atoms. The second-order valence-electron chi connectivity index (χ2n) is 7.88. The number of benzene rings is 1. The van der Waals surface area contributed by atoms with Crippen molar-refractivity contribution in [1.82, 2.24) is 9.21 Å². The van der Waals surface area contributed by atoms with Crippen LogP contribution in [0.5, 0.6) is 0 Å². The first-order valence-corrected chi connectivity index (χ1v) is 12.4. The van der Waals surface area contributed by atoms with Crippen molar-refractivity contribution in [1.29, 1.82) is 0 Å². The fourth-order valence-electron chi connectivity index (χ4n) is 3.87. The monoisotopic (exact) mass is 482 g/mol. The number of nitrogens with zero attached hydrogens (tertiary/aromatic N) is 2. The summed E-state index contributed by atoms with van der Waals surface area (Å²) in [6, 6.07) is 2.60. The highest BCUT2D eigenvalue weighted by Crippen LogP contribution is 2.37. The van der Waals surface area contributed by atoms with Gasteiger partial charge in [-0.3, -0.25) is 4.79 Å². The van der Waals surface area contributed by atoms with Crippen LogP contribution in [0.1, 0.15) is 52.0 Å². The molecule has 1 aromatic carbocycles. The summed E-state index contributed by atoms with van der Waals surface area (Å²) < 4.78 is 66.3. The molecule has 0 saturated carbocycles. The molecule has 0 atom stereocenters. The van der Waals surface area contributed by atoms with E-state index in [1.807, 2.05) is 11.8 Å². The minimum atomic E-state index is -4.75. The van der Waals surface area contributed by atoms with Crippen LogP contribution >= 0.6 is 11.6 Å². The van der Waals surface area contributed by atoms with Crippen LogP contribution in [0, 0.1) is 11.8 Å². The molecule has 0 radical (unpaired) electrons. The van der Waals surface area contributed by atoms with Gasteiger partial charge in [0.15, 0.2) is 0 Å². The van der Waals surface area contributed by atoms with Crippen molar-refractivity contribution < 1.29 is 26.4 Å². The second-order valence-corrected chi connectivity index (χ2v) is 10.2. The van der Waals surface area contributed by atoms with E-state index in [9.17, 15) is 26.4 Å². The third-order valence-corrected chi connectivity index (χ3v) is 8.24. The van der Waals surface area contributed by atoms with Gasteiger partial charge in [0.25, 0.3) is 0 Å². The molecule has 0 aromatic heterocycles. The van der Waals surface area contributed by atoms with Crippen molar-refractivity contribution in [2.75, 3.05) is 26.2 Å². The number of halogens is 4. The molecule has 0 N–H and O–H groups in total. The van der Waals surface area contributed by atoms with Gasteiger partial charge in [0.2, 0.25) is 15.9 Å². The molecule has 0 aliphatic carbocycles. The van der Waals surface area contributed by atoms with Gasteiger partial charge in [-0.05, 0) is 43.9 Å². The third-order valence-electron chi connectivity index (χ3n) is 6.01. The van der Waals surface area contributed by atoms with Crippen molar-refractivity contribution in [3.63, 3.8) is 0 Å². The summed E-state index contributed by atoms with van der Waals surface area (Å²) in [5, 5.41) is -0.548. The highest BCUT2D eigenvalue weighted by atomic mass is 35.5. The van der Waals surface area contributed by atoms with Gasteiger partial charge in [-0.15, -0.1) is 0 Å². The fourth-order valence-corrected chi connectivity index (χ4v) is 5.59. The number of amides is 1. The molecule has 1 saturated heterocycles.